The maximum Gasteiger partial charge on any atom is 0.407 e. The summed E-state index contributed by atoms with van der Waals surface area (Å²) in [4.78, 5) is 33.9. The molecule has 44 heavy (non-hydrogen) atoms. The summed E-state index contributed by atoms with van der Waals surface area (Å²) in [7, 11) is -3.00. The lowest BCUT2D eigenvalue weighted by molar-refractivity contribution is 0.0447. The first-order chi connectivity index (χ1) is 21.3. The van der Waals surface area contributed by atoms with E-state index in [4.69, 9.17) is 4.74 Å². The summed E-state index contributed by atoms with van der Waals surface area (Å²) in [5.41, 5.74) is 3.47. The molecule has 2 fully saturated rings. The Kier molecular flexibility index (Phi) is 8.38. The Morgan fingerprint density at radius 2 is 1.61 bits per heavy atom. The van der Waals surface area contributed by atoms with Crippen LogP contribution in [0.5, 0.6) is 5.75 Å². The molecule has 2 aliphatic heterocycles. The van der Waals surface area contributed by atoms with Crippen molar-refractivity contribution in [2.45, 2.75) is 31.4 Å². The van der Waals surface area contributed by atoms with Crippen molar-refractivity contribution in [3.05, 3.63) is 103 Å². The number of ether oxygens (including phenoxy) is 1. The van der Waals surface area contributed by atoms with E-state index in [1.165, 1.54) is 4.90 Å². The van der Waals surface area contributed by atoms with Gasteiger partial charge in [-0.25, -0.2) is 18.2 Å². The second-order valence-electron chi connectivity index (χ2n) is 11.2. The molecule has 11 heteroatoms. The quantitative estimate of drug-likeness (QED) is 0.324. The number of sulfone groups is 1. The van der Waals surface area contributed by atoms with Crippen LogP contribution in [0.4, 0.5) is 4.79 Å². The summed E-state index contributed by atoms with van der Waals surface area (Å²) in [6.45, 7) is 0.680. The minimum atomic E-state index is -3.00. The molecule has 6 rings (SSSR count). The first-order valence-electron chi connectivity index (χ1n) is 14.7. The minimum absolute atomic E-state index is 0.120. The molecule has 228 valence electrons. The lowest BCUT2D eigenvalue weighted by Crippen LogP contribution is -2.57. The van der Waals surface area contributed by atoms with Crippen molar-refractivity contribution < 1.29 is 27.9 Å². The molecule has 2 aliphatic rings. The maximum atomic E-state index is 14.3. The Bertz CT molecular complexity index is 1730. The molecule has 0 aliphatic carbocycles. The van der Waals surface area contributed by atoms with Gasteiger partial charge in [0.1, 0.15) is 18.2 Å². The fourth-order valence-electron chi connectivity index (χ4n) is 5.95. The second-order valence-corrected chi connectivity index (χ2v) is 13.5. The van der Waals surface area contributed by atoms with Gasteiger partial charge in [-0.2, -0.15) is 0 Å². The van der Waals surface area contributed by atoms with E-state index in [0.29, 0.717) is 30.7 Å². The van der Waals surface area contributed by atoms with E-state index in [9.17, 15) is 23.1 Å². The summed E-state index contributed by atoms with van der Waals surface area (Å²) < 4.78 is 31.8. The van der Waals surface area contributed by atoms with E-state index in [0.717, 1.165) is 16.8 Å². The average molecular weight is 615 g/mol. The van der Waals surface area contributed by atoms with Gasteiger partial charge >= 0.3 is 6.09 Å². The van der Waals surface area contributed by atoms with Crippen LogP contribution in [0.15, 0.2) is 91.3 Å². The minimum Gasteiger partial charge on any atom is -0.490 e. The fourth-order valence-corrected chi connectivity index (χ4v) is 7.40. The zero-order valence-electron chi connectivity index (χ0n) is 24.2. The Morgan fingerprint density at radius 1 is 0.909 bits per heavy atom. The highest BCUT2D eigenvalue weighted by molar-refractivity contribution is 7.91. The number of nitrogens with zero attached hydrogens (tertiary/aromatic N) is 4. The molecule has 3 aromatic carbocycles. The Morgan fingerprint density at radius 3 is 2.32 bits per heavy atom. The Balaban J connectivity index is 1.33. The van der Waals surface area contributed by atoms with Gasteiger partial charge in [-0.05, 0) is 37.0 Å². The highest BCUT2D eigenvalue weighted by Gasteiger charge is 2.35. The van der Waals surface area contributed by atoms with Crippen molar-refractivity contribution in [1.82, 2.24) is 19.4 Å². The number of carbonyl (C=O) groups excluding carboxylic acids is 1. The summed E-state index contributed by atoms with van der Waals surface area (Å²) in [6, 6.07) is 26.4. The standard InChI is InChI=1S/C33H34N4O6S/c38-32(36-17-16-35(33(39)40)22-27(36)20-24-8-3-1-4-9-24)30-31(25-10-5-2-6-11-25)37(23-34-30)26-12-7-13-29(21-26)43-28-14-18-44(41,42)19-15-28/h1-13,21,23,27-28H,14-20,22H2,(H,39,40)/t27-/m1/s1. The van der Waals surface area contributed by atoms with Gasteiger partial charge in [-0.1, -0.05) is 66.7 Å². The molecule has 2 saturated heterocycles. The van der Waals surface area contributed by atoms with Gasteiger partial charge in [0.15, 0.2) is 15.5 Å². The molecule has 1 N–H and O–H groups in total. The van der Waals surface area contributed by atoms with Crippen LogP contribution in [0, 0.1) is 0 Å². The molecular weight excluding hydrogens is 580 g/mol. The zero-order valence-corrected chi connectivity index (χ0v) is 25.0. The third kappa shape index (κ3) is 6.47. The van der Waals surface area contributed by atoms with Gasteiger partial charge in [0.2, 0.25) is 0 Å². The predicted octanol–water partition coefficient (Wildman–Crippen LogP) is 4.54. The van der Waals surface area contributed by atoms with Gasteiger partial charge < -0.3 is 19.6 Å². The van der Waals surface area contributed by atoms with Crippen molar-refractivity contribution in [1.29, 1.82) is 0 Å². The Labute approximate surface area is 256 Å². The molecule has 0 spiro atoms. The molecule has 2 amide bonds. The third-order valence-electron chi connectivity index (χ3n) is 8.25. The molecular formula is C33H34N4O6S. The van der Waals surface area contributed by atoms with Gasteiger partial charge in [-0.15, -0.1) is 0 Å². The molecule has 1 aromatic heterocycles. The molecule has 0 unspecified atom stereocenters. The molecule has 0 radical (unpaired) electrons. The zero-order chi connectivity index (χ0) is 30.7. The van der Waals surface area contributed by atoms with Crippen LogP contribution < -0.4 is 4.74 Å². The van der Waals surface area contributed by atoms with Gasteiger partial charge in [-0.3, -0.25) is 9.36 Å². The highest BCUT2D eigenvalue weighted by Crippen LogP contribution is 2.31. The van der Waals surface area contributed by atoms with E-state index < -0.39 is 15.9 Å². The third-order valence-corrected chi connectivity index (χ3v) is 9.96. The normalized spacial score (nSPS) is 18.6. The lowest BCUT2D eigenvalue weighted by Gasteiger charge is -2.40. The number of amides is 2. The van der Waals surface area contributed by atoms with Gasteiger partial charge in [0, 0.05) is 31.3 Å². The Hall–Kier alpha value is -4.64. The van der Waals surface area contributed by atoms with Crippen molar-refractivity contribution in [3.63, 3.8) is 0 Å². The number of benzene rings is 3. The predicted molar refractivity (Wildman–Crippen MR) is 166 cm³/mol. The number of piperazine rings is 1. The monoisotopic (exact) mass is 614 g/mol. The number of imidazole rings is 1. The lowest BCUT2D eigenvalue weighted by atomic mass is 10.0. The van der Waals surface area contributed by atoms with Crippen LogP contribution in [0.25, 0.3) is 16.9 Å². The number of hydrogen-bond donors (Lipinski definition) is 1. The van der Waals surface area contributed by atoms with E-state index in [-0.39, 0.29) is 54.9 Å². The van der Waals surface area contributed by atoms with Crippen LogP contribution in [0.3, 0.4) is 0 Å². The van der Waals surface area contributed by atoms with Gasteiger partial charge in [0.05, 0.1) is 28.9 Å². The summed E-state index contributed by atoms with van der Waals surface area (Å²) in [5, 5.41) is 9.70. The van der Waals surface area contributed by atoms with Crippen LogP contribution in [0.1, 0.15) is 28.9 Å². The highest BCUT2D eigenvalue weighted by atomic mass is 32.2. The smallest absolute Gasteiger partial charge is 0.407 e. The number of rotatable bonds is 7. The van der Waals surface area contributed by atoms with Crippen LogP contribution in [-0.2, 0) is 16.3 Å². The van der Waals surface area contributed by atoms with Crippen molar-refractivity contribution in [2.75, 3.05) is 31.1 Å². The van der Waals surface area contributed by atoms with E-state index >= 15 is 0 Å². The average Bonchev–Trinajstić information content (AvgIpc) is 3.48. The molecule has 4 aromatic rings. The van der Waals surface area contributed by atoms with E-state index in [1.807, 2.05) is 89.5 Å². The molecule has 10 nitrogen and oxygen atoms in total. The van der Waals surface area contributed by atoms with Crippen molar-refractivity contribution >= 4 is 21.8 Å². The summed E-state index contributed by atoms with van der Waals surface area (Å²) >= 11 is 0. The largest absolute Gasteiger partial charge is 0.490 e. The number of carboxylic acid groups (broad SMARTS) is 1. The van der Waals surface area contributed by atoms with Gasteiger partial charge in [0.25, 0.3) is 5.91 Å². The first-order valence-corrected chi connectivity index (χ1v) is 16.5. The first kappa shape index (κ1) is 29.4. The van der Waals surface area contributed by atoms with Crippen LogP contribution >= 0.6 is 0 Å². The summed E-state index contributed by atoms with van der Waals surface area (Å²) in [5.74, 6) is 0.590. The second kappa shape index (κ2) is 12.5. The maximum absolute atomic E-state index is 14.3. The van der Waals surface area contributed by atoms with E-state index in [1.54, 1.807) is 11.2 Å². The van der Waals surface area contributed by atoms with Crippen molar-refractivity contribution in [2.24, 2.45) is 0 Å². The molecule has 3 heterocycles. The molecule has 0 bridgehead atoms. The van der Waals surface area contributed by atoms with Crippen LogP contribution in [0.2, 0.25) is 0 Å². The fraction of sp³-hybridized carbons (Fsp3) is 0.303. The van der Waals surface area contributed by atoms with E-state index in [2.05, 4.69) is 4.98 Å². The topological polar surface area (TPSA) is 122 Å². The summed E-state index contributed by atoms with van der Waals surface area (Å²) in [6.07, 6.45) is 1.85. The molecule has 1 atom stereocenters. The van der Waals surface area contributed by atoms with Crippen LogP contribution in [-0.4, -0.2) is 88.2 Å². The SMILES string of the molecule is O=C(O)N1CCN(C(=O)c2ncn(-c3cccc(OC4CCS(=O)(=O)CC4)c3)c2-c2ccccc2)[C@H](Cc2ccccc2)C1. The number of hydrogen-bond acceptors (Lipinski definition) is 6. The number of aromatic nitrogens is 2. The van der Waals surface area contributed by atoms with Crippen molar-refractivity contribution in [3.8, 4) is 22.7 Å². The number of carbonyl (C=O) groups is 2. The molecule has 0 saturated carbocycles.